The van der Waals surface area contributed by atoms with Gasteiger partial charge in [-0.25, -0.2) is 0 Å². The molecule has 4 nitrogen and oxygen atoms in total. The lowest BCUT2D eigenvalue weighted by Gasteiger charge is -2.37. The van der Waals surface area contributed by atoms with Crippen LogP contribution in [0.3, 0.4) is 0 Å². The van der Waals surface area contributed by atoms with Crippen LogP contribution in [0.4, 0.5) is 0 Å². The highest BCUT2D eigenvalue weighted by Gasteiger charge is 2.47. The van der Waals surface area contributed by atoms with Crippen LogP contribution in [0, 0.1) is 5.41 Å². The van der Waals surface area contributed by atoms with Crippen molar-refractivity contribution in [1.29, 1.82) is 0 Å². The van der Waals surface area contributed by atoms with Crippen molar-refractivity contribution in [3.8, 4) is 0 Å². The van der Waals surface area contributed by atoms with Gasteiger partial charge in [0.1, 0.15) is 0 Å². The molecule has 0 radical (unpaired) electrons. The number of carbonyl (C=O) groups is 1. The molecule has 5 heteroatoms. The summed E-state index contributed by atoms with van der Waals surface area (Å²) in [7, 11) is 0. The Morgan fingerprint density at radius 3 is 2.32 bits per heavy atom. The molecule has 0 aromatic rings. The standard InChI is InChI=1S/C14H24N2O2S/c15-12(19)14(7-3-4-8-14)13(18)16(9-10-17)11-5-1-2-6-11/h11,17H,1-10H2,(H2,15,19). The van der Waals surface area contributed by atoms with Crippen LogP contribution in [-0.2, 0) is 4.79 Å². The van der Waals surface area contributed by atoms with Gasteiger partial charge in [0, 0.05) is 12.6 Å². The van der Waals surface area contributed by atoms with E-state index in [9.17, 15) is 9.90 Å². The molecule has 2 fully saturated rings. The second kappa shape index (κ2) is 6.18. The summed E-state index contributed by atoms with van der Waals surface area (Å²) in [5.74, 6) is 0.0680. The molecule has 0 aromatic heterocycles. The number of aliphatic hydroxyl groups excluding tert-OH is 1. The van der Waals surface area contributed by atoms with Gasteiger partial charge in [-0.1, -0.05) is 37.9 Å². The van der Waals surface area contributed by atoms with E-state index >= 15 is 0 Å². The summed E-state index contributed by atoms with van der Waals surface area (Å²) in [5, 5.41) is 9.25. The van der Waals surface area contributed by atoms with Gasteiger partial charge in [0.2, 0.25) is 5.91 Å². The maximum Gasteiger partial charge on any atom is 0.235 e. The zero-order valence-corrected chi connectivity index (χ0v) is 12.3. The normalized spacial score (nSPS) is 22.6. The minimum absolute atomic E-state index is 0.00958. The minimum atomic E-state index is -0.632. The number of amides is 1. The van der Waals surface area contributed by atoms with Crippen LogP contribution in [0.25, 0.3) is 0 Å². The van der Waals surface area contributed by atoms with Crippen LogP contribution >= 0.6 is 12.2 Å². The highest BCUT2D eigenvalue weighted by molar-refractivity contribution is 7.80. The first kappa shape index (κ1) is 14.7. The molecular formula is C14H24N2O2S. The molecule has 2 aliphatic carbocycles. The van der Waals surface area contributed by atoms with Crippen LogP contribution in [-0.4, -0.2) is 40.1 Å². The van der Waals surface area contributed by atoms with Gasteiger partial charge in [0.05, 0.1) is 17.0 Å². The lowest BCUT2D eigenvalue weighted by molar-refractivity contribution is -0.141. The molecule has 1 amide bonds. The molecule has 0 aliphatic heterocycles. The number of aliphatic hydroxyl groups is 1. The van der Waals surface area contributed by atoms with Crippen LogP contribution in [0.2, 0.25) is 0 Å². The molecule has 2 saturated carbocycles. The Labute approximate surface area is 120 Å². The maximum absolute atomic E-state index is 12.9. The number of rotatable bonds is 5. The van der Waals surface area contributed by atoms with Crippen LogP contribution in [0.15, 0.2) is 0 Å². The van der Waals surface area contributed by atoms with Gasteiger partial charge < -0.3 is 15.7 Å². The van der Waals surface area contributed by atoms with E-state index in [1.54, 1.807) is 0 Å². The SMILES string of the molecule is NC(=S)C1(C(=O)N(CCO)C2CCCC2)CCCC1. The summed E-state index contributed by atoms with van der Waals surface area (Å²) < 4.78 is 0. The monoisotopic (exact) mass is 284 g/mol. The van der Waals surface area contributed by atoms with E-state index in [-0.39, 0.29) is 18.6 Å². The zero-order chi connectivity index (χ0) is 13.9. The molecule has 108 valence electrons. The third kappa shape index (κ3) is 2.77. The summed E-state index contributed by atoms with van der Waals surface area (Å²) in [6.45, 7) is 0.420. The largest absolute Gasteiger partial charge is 0.395 e. The molecule has 0 unspecified atom stereocenters. The van der Waals surface area contributed by atoms with Gasteiger partial charge in [0.15, 0.2) is 0 Å². The van der Waals surface area contributed by atoms with Gasteiger partial charge in [0.25, 0.3) is 0 Å². The Bertz CT molecular complexity index is 347. The van der Waals surface area contributed by atoms with E-state index in [1.807, 2.05) is 4.90 Å². The fourth-order valence-corrected chi connectivity index (χ4v) is 3.88. The molecule has 0 atom stereocenters. The molecule has 0 heterocycles. The summed E-state index contributed by atoms with van der Waals surface area (Å²) in [4.78, 5) is 15.1. The Morgan fingerprint density at radius 2 is 1.84 bits per heavy atom. The van der Waals surface area contributed by atoms with Gasteiger partial charge in [-0.15, -0.1) is 0 Å². The third-order valence-electron chi connectivity index (χ3n) is 4.71. The first-order valence-electron chi connectivity index (χ1n) is 7.33. The van der Waals surface area contributed by atoms with Crippen molar-refractivity contribution in [1.82, 2.24) is 4.90 Å². The Morgan fingerprint density at radius 1 is 1.26 bits per heavy atom. The van der Waals surface area contributed by atoms with E-state index in [0.717, 1.165) is 38.5 Å². The number of nitrogens with zero attached hydrogens (tertiary/aromatic N) is 1. The molecule has 2 rings (SSSR count). The van der Waals surface area contributed by atoms with Gasteiger partial charge in [-0.2, -0.15) is 0 Å². The second-order valence-electron chi connectivity index (χ2n) is 5.81. The van der Waals surface area contributed by atoms with E-state index in [2.05, 4.69) is 0 Å². The quantitative estimate of drug-likeness (QED) is 0.753. The van der Waals surface area contributed by atoms with Crippen LogP contribution in [0.1, 0.15) is 51.4 Å². The molecule has 2 aliphatic rings. The molecule has 0 aromatic carbocycles. The number of thiocarbonyl (C=S) groups is 1. The van der Waals surface area contributed by atoms with Crippen molar-refractivity contribution in [2.45, 2.75) is 57.4 Å². The number of carbonyl (C=O) groups excluding carboxylic acids is 1. The number of nitrogens with two attached hydrogens (primary N) is 1. The summed E-state index contributed by atoms with van der Waals surface area (Å²) >= 11 is 5.19. The summed E-state index contributed by atoms with van der Waals surface area (Å²) in [6, 6.07) is 0.270. The Hall–Kier alpha value is -0.680. The number of hydrogen-bond donors (Lipinski definition) is 2. The second-order valence-corrected chi connectivity index (χ2v) is 6.25. The van der Waals surface area contributed by atoms with E-state index in [1.165, 1.54) is 12.8 Å². The van der Waals surface area contributed by atoms with E-state index < -0.39 is 5.41 Å². The first-order valence-corrected chi connectivity index (χ1v) is 7.74. The summed E-state index contributed by atoms with van der Waals surface area (Å²) in [6.07, 6.45) is 7.99. The van der Waals surface area contributed by atoms with Crippen molar-refractivity contribution in [3.63, 3.8) is 0 Å². The Kier molecular flexibility index (Phi) is 4.79. The van der Waals surface area contributed by atoms with Crippen molar-refractivity contribution in [2.75, 3.05) is 13.2 Å². The van der Waals surface area contributed by atoms with E-state index in [0.29, 0.717) is 11.5 Å². The highest BCUT2D eigenvalue weighted by Crippen LogP contribution is 2.41. The Balaban J connectivity index is 2.19. The predicted molar refractivity (Wildman–Crippen MR) is 78.7 cm³/mol. The average Bonchev–Trinajstić information content (AvgIpc) is 3.06. The van der Waals surface area contributed by atoms with Gasteiger partial charge in [-0.3, -0.25) is 4.79 Å². The van der Waals surface area contributed by atoms with Gasteiger partial charge in [-0.05, 0) is 25.7 Å². The summed E-state index contributed by atoms with van der Waals surface area (Å²) in [5.41, 5.74) is 5.26. The smallest absolute Gasteiger partial charge is 0.235 e. The first-order chi connectivity index (χ1) is 9.12. The molecule has 3 N–H and O–H groups in total. The van der Waals surface area contributed by atoms with Crippen molar-refractivity contribution in [2.24, 2.45) is 11.1 Å². The molecule has 0 saturated heterocycles. The van der Waals surface area contributed by atoms with Crippen molar-refractivity contribution < 1.29 is 9.90 Å². The average molecular weight is 284 g/mol. The fraction of sp³-hybridized carbons (Fsp3) is 0.857. The molecular weight excluding hydrogens is 260 g/mol. The lowest BCUT2D eigenvalue weighted by atomic mass is 9.84. The van der Waals surface area contributed by atoms with Crippen LogP contribution < -0.4 is 5.73 Å². The fourth-order valence-electron chi connectivity index (χ4n) is 3.59. The zero-order valence-electron chi connectivity index (χ0n) is 11.4. The topological polar surface area (TPSA) is 66.6 Å². The van der Waals surface area contributed by atoms with E-state index in [4.69, 9.17) is 18.0 Å². The highest BCUT2D eigenvalue weighted by atomic mass is 32.1. The van der Waals surface area contributed by atoms with Gasteiger partial charge >= 0.3 is 0 Å². The third-order valence-corrected chi connectivity index (χ3v) is 5.10. The van der Waals surface area contributed by atoms with Crippen molar-refractivity contribution in [3.05, 3.63) is 0 Å². The van der Waals surface area contributed by atoms with Crippen LogP contribution in [0.5, 0.6) is 0 Å². The van der Waals surface area contributed by atoms with Crippen molar-refractivity contribution >= 4 is 23.1 Å². The predicted octanol–water partition coefficient (Wildman–Crippen LogP) is 1.60. The molecule has 0 spiro atoms. The molecule has 0 bridgehead atoms. The maximum atomic E-state index is 12.9. The minimum Gasteiger partial charge on any atom is -0.395 e. The number of hydrogen-bond acceptors (Lipinski definition) is 3. The molecule has 19 heavy (non-hydrogen) atoms. The lowest BCUT2D eigenvalue weighted by Crippen LogP contribution is -2.52.